The number of hydrogen-bond donors (Lipinski definition) is 1. The van der Waals surface area contributed by atoms with Gasteiger partial charge in [-0.1, -0.05) is 0 Å². The molecule has 0 aromatic rings. The van der Waals surface area contributed by atoms with E-state index in [9.17, 15) is 0 Å². The monoisotopic (exact) mass is 168 g/mol. The van der Waals surface area contributed by atoms with E-state index in [2.05, 4.69) is 18.7 Å². The molecule has 2 heteroatoms. The highest BCUT2D eigenvalue weighted by molar-refractivity contribution is 4.97. The lowest BCUT2D eigenvalue weighted by Gasteiger charge is -2.40. The van der Waals surface area contributed by atoms with Crippen LogP contribution in [0, 0.1) is 0 Å². The molecule has 2 aliphatic heterocycles. The van der Waals surface area contributed by atoms with Crippen LogP contribution in [0.25, 0.3) is 0 Å². The van der Waals surface area contributed by atoms with Crippen LogP contribution < -0.4 is 5.73 Å². The Balaban J connectivity index is 2.09. The average molecular weight is 168 g/mol. The van der Waals surface area contributed by atoms with E-state index >= 15 is 0 Å². The number of hydrogen-bond acceptors (Lipinski definition) is 2. The first kappa shape index (κ1) is 8.52. The Hall–Kier alpha value is -0.0800. The molecular weight excluding hydrogens is 148 g/mol. The predicted octanol–water partition coefficient (Wildman–Crippen LogP) is 1.35. The Morgan fingerprint density at radius 2 is 1.67 bits per heavy atom. The Morgan fingerprint density at radius 1 is 1.17 bits per heavy atom. The summed E-state index contributed by atoms with van der Waals surface area (Å²) in [5.41, 5.74) is 5.99. The zero-order chi connectivity index (χ0) is 8.72. The molecule has 0 unspecified atom stereocenters. The lowest BCUT2D eigenvalue weighted by atomic mass is 9.97. The van der Waals surface area contributed by atoms with Crippen LogP contribution >= 0.6 is 0 Å². The molecular formula is C10H20N2. The normalized spacial score (nSPS) is 42.5. The molecule has 0 aromatic heterocycles. The number of nitrogens with two attached hydrogens (primary N) is 1. The molecule has 0 saturated carbocycles. The van der Waals surface area contributed by atoms with Gasteiger partial charge in [-0.2, -0.15) is 0 Å². The smallest absolute Gasteiger partial charge is 0.0116 e. The lowest BCUT2D eigenvalue weighted by molar-refractivity contribution is 0.0938. The number of rotatable bonds is 1. The van der Waals surface area contributed by atoms with Crippen LogP contribution in [0.15, 0.2) is 0 Å². The van der Waals surface area contributed by atoms with Crippen molar-refractivity contribution < 1.29 is 0 Å². The van der Waals surface area contributed by atoms with E-state index < -0.39 is 0 Å². The van der Waals surface area contributed by atoms with Gasteiger partial charge in [0.2, 0.25) is 0 Å². The lowest BCUT2D eigenvalue weighted by Crippen LogP contribution is -2.50. The van der Waals surface area contributed by atoms with Gasteiger partial charge in [0, 0.05) is 24.2 Å². The molecule has 2 heterocycles. The van der Waals surface area contributed by atoms with Crippen molar-refractivity contribution in [1.82, 2.24) is 4.90 Å². The maximum atomic E-state index is 5.99. The van der Waals surface area contributed by atoms with Crippen LogP contribution in [0.1, 0.15) is 39.5 Å². The summed E-state index contributed by atoms with van der Waals surface area (Å²) in [6.45, 7) is 4.62. The Labute approximate surface area is 75.1 Å². The van der Waals surface area contributed by atoms with Gasteiger partial charge in [0.05, 0.1) is 0 Å². The molecule has 0 radical (unpaired) electrons. The van der Waals surface area contributed by atoms with Crippen LogP contribution in [-0.2, 0) is 0 Å². The van der Waals surface area contributed by atoms with Crippen molar-refractivity contribution in [3.63, 3.8) is 0 Å². The van der Waals surface area contributed by atoms with Crippen LogP contribution in [0.5, 0.6) is 0 Å². The van der Waals surface area contributed by atoms with E-state index in [0.29, 0.717) is 6.04 Å². The second kappa shape index (κ2) is 3.00. The van der Waals surface area contributed by atoms with Crippen LogP contribution in [0.3, 0.4) is 0 Å². The highest BCUT2D eigenvalue weighted by Gasteiger charge is 2.40. The molecule has 12 heavy (non-hydrogen) atoms. The highest BCUT2D eigenvalue weighted by Crippen LogP contribution is 2.36. The van der Waals surface area contributed by atoms with Gasteiger partial charge in [0.1, 0.15) is 0 Å². The summed E-state index contributed by atoms with van der Waals surface area (Å²) < 4.78 is 0. The quantitative estimate of drug-likeness (QED) is 0.640. The van der Waals surface area contributed by atoms with Gasteiger partial charge < -0.3 is 5.73 Å². The second-order valence-corrected chi connectivity index (χ2v) is 4.66. The van der Waals surface area contributed by atoms with Crippen molar-refractivity contribution in [2.24, 2.45) is 5.73 Å². The molecule has 2 atom stereocenters. The van der Waals surface area contributed by atoms with E-state index in [0.717, 1.165) is 18.1 Å². The molecule has 0 spiro atoms. The van der Waals surface area contributed by atoms with Gasteiger partial charge in [-0.3, -0.25) is 4.90 Å². The fourth-order valence-electron chi connectivity index (χ4n) is 3.10. The fourth-order valence-corrected chi connectivity index (χ4v) is 3.10. The summed E-state index contributed by atoms with van der Waals surface area (Å²) in [7, 11) is 0. The fraction of sp³-hybridized carbons (Fsp3) is 1.00. The van der Waals surface area contributed by atoms with Crippen LogP contribution in [0.4, 0.5) is 0 Å². The second-order valence-electron chi connectivity index (χ2n) is 4.66. The Morgan fingerprint density at radius 3 is 2.08 bits per heavy atom. The first-order valence-electron chi connectivity index (χ1n) is 5.21. The molecule has 0 amide bonds. The predicted molar refractivity (Wildman–Crippen MR) is 51.0 cm³/mol. The van der Waals surface area contributed by atoms with Gasteiger partial charge in [0.25, 0.3) is 0 Å². The molecule has 2 saturated heterocycles. The maximum absolute atomic E-state index is 5.99. The standard InChI is InChI=1S/C10H20N2/c1-7(2)12-9-3-4-10(12)6-8(11)5-9/h7-10H,3-6,11H2,1-2H3/t9-,10-/m1/s1. The minimum absolute atomic E-state index is 0.484. The zero-order valence-corrected chi connectivity index (χ0v) is 8.16. The first-order chi connectivity index (χ1) is 5.68. The van der Waals surface area contributed by atoms with Crippen molar-refractivity contribution in [3.05, 3.63) is 0 Å². The van der Waals surface area contributed by atoms with Gasteiger partial charge in [-0.25, -0.2) is 0 Å². The summed E-state index contributed by atoms with van der Waals surface area (Å²) in [5.74, 6) is 0. The number of fused-ring (bicyclic) bond motifs is 2. The molecule has 2 rings (SSSR count). The molecule has 2 aliphatic rings. The van der Waals surface area contributed by atoms with Crippen molar-refractivity contribution in [2.75, 3.05) is 0 Å². The summed E-state index contributed by atoms with van der Waals surface area (Å²) in [5, 5.41) is 0. The SMILES string of the molecule is CC(C)N1[C@@H]2CC[C@@H]1CC(N)C2. The molecule has 2 N–H and O–H groups in total. The van der Waals surface area contributed by atoms with Crippen molar-refractivity contribution in [2.45, 2.75) is 63.7 Å². The molecule has 2 nitrogen and oxygen atoms in total. The largest absolute Gasteiger partial charge is 0.328 e. The van der Waals surface area contributed by atoms with Gasteiger partial charge in [-0.05, 0) is 39.5 Å². The van der Waals surface area contributed by atoms with E-state index in [4.69, 9.17) is 5.73 Å². The maximum Gasteiger partial charge on any atom is 0.0116 e. The minimum atomic E-state index is 0.484. The van der Waals surface area contributed by atoms with E-state index in [1.807, 2.05) is 0 Å². The summed E-state index contributed by atoms with van der Waals surface area (Å²) in [6, 6.07) is 2.81. The first-order valence-corrected chi connectivity index (χ1v) is 5.21. The minimum Gasteiger partial charge on any atom is -0.328 e. The average Bonchev–Trinajstić information content (AvgIpc) is 2.24. The Bertz CT molecular complexity index is 153. The molecule has 0 aliphatic carbocycles. The van der Waals surface area contributed by atoms with Crippen molar-refractivity contribution >= 4 is 0 Å². The number of nitrogens with zero attached hydrogens (tertiary/aromatic N) is 1. The number of piperidine rings is 1. The summed E-state index contributed by atoms with van der Waals surface area (Å²) in [4.78, 5) is 2.68. The van der Waals surface area contributed by atoms with Gasteiger partial charge in [-0.15, -0.1) is 0 Å². The Kier molecular flexibility index (Phi) is 2.13. The molecule has 70 valence electrons. The summed E-state index contributed by atoms with van der Waals surface area (Å²) >= 11 is 0. The van der Waals surface area contributed by atoms with E-state index in [1.165, 1.54) is 25.7 Å². The zero-order valence-electron chi connectivity index (χ0n) is 8.16. The topological polar surface area (TPSA) is 29.3 Å². The molecule has 0 aromatic carbocycles. The molecule has 2 fully saturated rings. The van der Waals surface area contributed by atoms with Gasteiger partial charge in [0.15, 0.2) is 0 Å². The van der Waals surface area contributed by atoms with E-state index in [-0.39, 0.29) is 0 Å². The van der Waals surface area contributed by atoms with Crippen LogP contribution in [0.2, 0.25) is 0 Å². The van der Waals surface area contributed by atoms with Crippen molar-refractivity contribution in [3.8, 4) is 0 Å². The van der Waals surface area contributed by atoms with Crippen LogP contribution in [-0.4, -0.2) is 29.1 Å². The summed E-state index contributed by atoms with van der Waals surface area (Å²) in [6.07, 6.45) is 5.23. The third kappa shape index (κ3) is 1.27. The molecule has 2 bridgehead atoms. The van der Waals surface area contributed by atoms with Crippen molar-refractivity contribution in [1.29, 1.82) is 0 Å². The van der Waals surface area contributed by atoms with Gasteiger partial charge >= 0.3 is 0 Å². The highest BCUT2D eigenvalue weighted by atomic mass is 15.2. The van der Waals surface area contributed by atoms with E-state index in [1.54, 1.807) is 0 Å². The third-order valence-corrected chi connectivity index (χ3v) is 3.42. The third-order valence-electron chi connectivity index (χ3n) is 3.42.